The third-order valence-electron chi connectivity index (χ3n) is 2.74. The summed E-state index contributed by atoms with van der Waals surface area (Å²) in [4.78, 5) is 5.04. The lowest BCUT2D eigenvalue weighted by Gasteiger charge is -2.07. The number of anilines is 1. The highest BCUT2D eigenvalue weighted by Gasteiger charge is 2.17. The summed E-state index contributed by atoms with van der Waals surface area (Å²) in [7, 11) is -3.53. The number of rotatable bonds is 6. The fourth-order valence-electron chi connectivity index (χ4n) is 1.72. The molecule has 2 rings (SSSR count). The van der Waals surface area contributed by atoms with Crippen molar-refractivity contribution in [3.8, 4) is 0 Å². The van der Waals surface area contributed by atoms with Crippen LogP contribution in [0.3, 0.4) is 0 Å². The summed E-state index contributed by atoms with van der Waals surface area (Å²) in [6, 6.07) is 7.18. The largest absolute Gasteiger partial charge is 0.310 e. The first-order valence-electron chi connectivity index (χ1n) is 6.64. The molecule has 0 aromatic carbocycles. The third kappa shape index (κ3) is 4.52. The smallest absolute Gasteiger partial charge is 0.271 e. The lowest BCUT2D eigenvalue weighted by atomic mass is 10.3. The molecule has 0 atom stereocenters. The Bertz CT molecular complexity index is 709. The first-order chi connectivity index (χ1) is 9.87. The van der Waals surface area contributed by atoms with Crippen molar-refractivity contribution >= 4 is 27.0 Å². The summed E-state index contributed by atoms with van der Waals surface area (Å²) in [6.07, 6.45) is 1.58. The Hall–Kier alpha value is -1.44. The van der Waals surface area contributed by atoms with Crippen molar-refractivity contribution in [2.45, 2.75) is 37.6 Å². The van der Waals surface area contributed by atoms with E-state index in [2.05, 4.69) is 28.9 Å². The number of aromatic nitrogens is 1. The molecule has 0 bridgehead atoms. The number of aryl methyl sites for hydroxylation is 1. The summed E-state index contributed by atoms with van der Waals surface area (Å²) >= 11 is 1.28. The van der Waals surface area contributed by atoms with Crippen molar-refractivity contribution in [2.75, 3.05) is 4.72 Å². The summed E-state index contributed by atoms with van der Waals surface area (Å²) in [5.74, 6) is 0. The Morgan fingerprint density at radius 1 is 1.29 bits per heavy atom. The van der Waals surface area contributed by atoms with Crippen LogP contribution in [-0.2, 0) is 16.6 Å². The maximum absolute atomic E-state index is 12.3. The van der Waals surface area contributed by atoms with Gasteiger partial charge in [-0.1, -0.05) is 13.8 Å². The average molecular weight is 325 g/mol. The molecule has 2 aromatic heterocycles. The van der Waals surface area contributed by atoms with Gasteiger partial charge in [0.2, 0.25) is 0 Å². The minimum absolute atomic E-state index is 0.317. The van der Waals surface area contributed by atoms with E-state index < -0.39 is 10.0 Å². The van der Waals surface area contributed by atoms with Gasteiger partial charge in [-0.2, -0.15) is 0 Å². The molecule has 0 fully saturated rings. The van der Waals surface area contributed by atoms with E-state index in [9.17, 15) is 8.42 Å². The number of thiophene rings is 1. The number of nitrogens with one attached hydrogen (secondary N) is 2. The summed E-state index contributed by atoms with van der Waals surface area (Å²) in [6.45, 7) is 6.60. The number of hydrogen-bond acceptors (Lipinski definition) is 5. The van der Waals surface area contributed by atoms with Gasteiger partial charge in [0.1, 0.15) is 4.21 Å². The highest BCUT2D eigenvalue weighted by molar-refractivity contribution is 7.94. The molecule has 2 N–H and O–H groups in total. The highest BCUT2D eigenvalue weighted by atomic mass is 32.2. The van der Waals surface area contributed by atoms with Crippen LogP contribution < -0.4 is 10.0 Å². The molecule has 7 heteroatoms. The second-order valence-electron chi connectivity index (χ2n) is 5.05. The molecule has 2 heterocycles. The van der Waals surface area contributed by atoms with Crippen LogP contribution in [0, 0.1) is 6.92 Å². The molecule has 0 radical (unpaired) electrons. The zero-order valence-electron chi connectivity index (χ0n) is 12.3. The molecule has 2 aromatic rings. The fraction of sp³-hybridized carbons (Fsp3) is 0.357. The van der Waals surface area contributed by atoms with E-state index >= 15 is 0 Å². The molecule has 0 unspecified atom stereocenters. The van der Waals surface area contributed by atoms with Crippen LogP contribution in [0.1, 0.15) is 24.4 Å². The summed E-state index contributed by atoms with van der Waals surface area (Å²) in [5, 5.41) is 3.27. The van der Waals surface area contributed by atoms with Gasteiger partial charge in [-0.25, -0.2) is 8.42 Å². The standard InChI is InChI=1S/C14H19N3O2S2/c1-10(2)16-9-13-4-5-14(20-13)21(18,19)17-12-6-7-15-11(3)8-12/h4-8,10,16H,9H2,1-3H3,(H,15,17). The molecule has 0 aliphatic carbocycles. The van der Waals surface area contributed by atoms with Gasteiger partial charge in [0, 0.05) is 29.4 Å². The number of nitrogens with zero attached hydrogens (tertiary/aromatic N) is 1. The van der Waals surface area contributed by atoms with E-state index in [1.165, 1.54) is 11.3 Å². The van der Waals surface area contributed by atoms with Gasteiger partial charge in [-0.3, -0.25) is 9.71 Å². The predicted octanol–water partition coefficient (Wildman–Crippen LogP) is 2.75. The zero-order chi connectivity index (χ0) is 15.5. The molecular formula is C14H19N3O2S2. The maximum atomic E-state index is 12.3. The Morgan fingerprint density at radius 2 is 2.05 bits per heavy atom. The number of sulfonamides is 1. The van der Waals surface area contributed by atoms with Gasteiger partial charge in [0.25, 0.3) is 10.0 Å². The Labute approximate surface area is 129 Å². The molecule has 21 heavy (non-hydrogen) atoms. The Kier molecular flexibility index (Phi) is 4.97. The van der Waals surface area contributed by atoms with Gasteiger partial charge < -0.3 is 5.32 Å². The van der Waals surface area contributed by atoms with Crippen molar-refractivity contribution in [2.24, 2.45) is 0 Å². The van der Waals surface area contributed by atoms with Crippen LogP contribution in [-0.4, -0.2) is 19.4 Å². The molecule has 0 amide bonds. The number of hydrogen-bond donors (Lipinski definition) is 2. The van der Waals surface area contributed by atoms with Crippen molar-refractivity contribution in [1.82, 2.24) is 10.3 Å². The molecule has 0 saturated heterocycles. The summed E-state index contributed by atoms with van der Waals surface area (Å²) in [5.41, 5.74) is 1.29. The van der Waals surface area contributed by atoms with Crippen LogP contribution in [0.25, 0.3) is 0 Å². The van der Waals surface area contributed by atoms with Crippen LogP contribution in [0.4, 0.5) is 5.69 Å². The van der Waals surface area contributed by atoms with Gasteiger partial charge in [0.15, 0.2) is 0 Å². The summed E-state index contributed by atoms with van der Waals surface area (Å²) < 4.78 is 27.5. The number of pyridine rings is 1. The van der Waals surface area contributed by atoms with Gasteiger partial charge in [0.05, 0.1) is 5.69 Å². The predicted molar refractivity (Wildman–Crippen MR) is 86.1 cm³/mol. The average Bonchev–Trinajstić information content (AvgIpc) is 2.85. The Balaban J connectivity index is 2.12. The highest BCUT2D eigenvalue weighted by Crippen LogP contribution is 2.24. The van der Waals surface area contributed by atoms with Crippen molar-refractivity contribution in [3.05, 3.63) is 41.0 Å². The normalized spacial score (nSPS) is 11.8. The third-order valence-corrected chi connectivity index (χ3v) is 5.69. The lowest BCUT2D eigenvalue weighted by Crippen LogP contribution is -2.21. The van der Waals surface area contributed by atoms with Gasteiger partial charge in [-0.15, -0.1) is 11.3 Å². The molecule has 0 aliphatic rings. The van der Waals surface area contributed by atoms with E-state index in [0.29, 0.717) is 22.5 Å². The minimum atomic E-state index is -3.53. The second-order valence-corrected chi connectivity index (χ2v) is 8.13. The van der Waals surface area contributed by atoms with Crippen molar-refractivity contribution in [1.29, 1.82) is 0 Å². The minimum Gasteiger partial charge on any atom is -0.310 e. The topological polar surface area (TPSA) is 71.1 Å². The molecule has 0 aliphatic heterocycles. The van der Waals surface area contributed by atoms with E-state index in [0.717, 1.165) is 10.6 Å². The first-order valence-corrected chi connectivity index (χ1v) is 8.94. The van der Waals surface area contributed by atoms with Gasteiger partial charge in [-0.05, 0) is 31.2 Å². The van der Waals surface area contributed by atoms with E-state index in [1.54, 1.807) is 24.4 Å². The molecule has 0 spiro atoms. The Morgan fingerprint density at radius 3 is 2.71 bits per heavy atom. The molecule has 114 valence electrons. The monoisotopic (exact) mass is 325 g/mol. The molecule has 0 saturated carbocycles. The molecular weight excluding hydrogens is 306 g/mol. The zero-order valence-corrected chi connectivity index (χ0v) is 13.9. The van der Waals surface area contributed by atoms with E-state index in [4.69, 9.17) is 0 Å². The van der Waals surface area contributed by atoms with Crippen molar-refractivity contribution < 1.29 is 8.42 Å². The quantitative estimate of drug-likeness (QED) is 0.857. The second kappa shape index (κ2) is 6.55. The first kappa shape index (κ1) is 15.9. The lowest BCUT2D eigenvalue weighted by molar-refractivity contribution is 0.593. The van der Waals surface area contributed by atoms with Gasteiger partial charge >= 0.3 is 0 Å². The fourth-order valence-corrected chi connectivity index (χ4v) is 4.07. The van der Waals surface area contributed by atoms with E-state index in [-0.39, 0.29) is 0 Å². The SMILES string of the molecule is Cc1cc(NS(=O)(=O)c2ccc(CNC(C)C)s2)ccn1. The molecule has 5 nitrogen and oxygen atoms in total. The van der Waals surface area contributed by atoms with E-state index in [1.807, 2.05) is 13.0 Å². The van der Waals surface area contributed by atoms with Crippen LogP contribution in [0.15, 0.2) is 34.7 Å². The maximum Gasteiger partial charge on any atom is 0.271 e. The van der Waals surface area contributed by atoms with Crippen LogP contribution >= 0.6 is 11.3 Å². The van der Waals surface area contributed by atoms with Crippen LogP contribution in [0.2, 0.25) is 0 Å². The van der Waals surface area contributed by atoms with Crippen molar-refractivity contribution in [3.63, 3.8) is 0 Å². The van der Waals surface area contributed by atoms with Crippen LogP contribution in [0.5, 0.6) is 0 Å².